The first-order valence-corrected chi connectivity index (χ1v) is 10.1. The Morgan fingerprint density at radius 1 is 1.31 bits per heavy atom. The van der Waals surface area contributed by atoms with Gasteiger partial charge in [0.1, 0.15) is 0 Å². The number of aryl methyl sites for hydroxylation is 1. The van der Waals surface area contributed by atoms with Gasteiger partial charge in [-0.05, 0) is 38.7 Å². The molecule has 0 spiro atoms. The summed E-state index contributed by atoms with van der Waals surface area (Å²) >= 11 is 1.31. The van der Waals surface area contributed by atoms with Crippen molar-refractivity contribution in [2.75, 3.05) is 6.26 Å². The Labute approximate surface area is 169 Å². The monoisotopic (exact) mass is 422 g/mol. The van der Waals surface area contributed by atoms with Gasteiger partial charge in [-0.2, -0.15) is 8.78 Å². The largest absolute Gasteiger partial charge is 0.454 e. The average Bonchev–Trinajstić information content (AvgIpc) is 3.07. The molecule has 1 atom stereocenters. The number of benzene rings is 1. The third-order valence-electron chi connectivity index (χ3n) is 4.46. The second-order valence-corrected chi connectivity index (χ2v) is 7.17. The fraction of sp³-hybridized carbons (Fsp3) is 0.368. The summed E-state index contributed by atoms with van der Waals surface area (Å²) in [5.74, 6) is -0.646. The van der Waals surface area contributed by atoms with Crippen molar-refractivity contribution >= 4 is 28.8 Å². The van der Waals surface area contributed by atoms with E-state index in [1.54, 1.807) is 31.4 Å². The van der Waals surface area contributed by atoms with E-state index in [0.717, 1.165) is 4.57 Å². The second-order valence-electron chi connectivity index (χ2n) is 6.38. The number of aromatic nitrogens is 4. The van der Waals surface area contributed by atoms with E-state index in [-0.39, 0.29) is 29.7 Å². The molecular formula is C19H20F2N4O3S. The number of nitrogens with zero attached hydrogens (tertiary/aromatic N) is 3. The van der Waals surface area contributed by atoms with Gasteiger partial charge >= 0.3 is 12.5 Å². The predicted molar refractivity (Wildman–Crippen MR) is 105 cm³/mol. The topological polar surface area (TPSA) is 89.9 Å². The van der Waals surface area contributed by atoms with Crippen LogP contribution in [0.1, 0.15) is 43.1 Å². The number of ether oxygens (including phenoxy) is 1. The maximum Gasteiger partial charge on any atom is 0.320 e. The van der Waals surface area contributed by atoms with Crippen LogP contribution in [0.25, 0.3) is 11.0 Å². The molecule has 10 heteroatoms. The number of thioether (sulfide) groups is 1. The molecule has 7 nitrogen and oxygen atoms in total. The third kappa shape index (κ3) is 4.47. The van der Waals surface area contributed by atoms with E-state index < -0.39 is 18.6 Å². The maximum absolute atomic E-state index is 13.5. The molecule has 1 unspecified atom stereocenters. The Hall–Kier alpha value is -2.75. The fourth-order valence-corrected chi connectivity index (χ4v) is 3.49. The van der Waals surface area contributed by atoms with E-state index in [2.05, 4.69) is 15.0 Å². The fourth-order valence-electron chi connectivity index (χ4n) is 3.07. The number of H-pyrrole nitrogens is 1. The molecule has 0 saturated heterocycles. The summed E-state index contributed by atoms with van der Waals surface area (Å²) in [6, 6.07) is 6.49. The van der Waals surface area contributed by atoms with Gasteiger partial charge < -0.3 is 9.72 Å². The van der Waals surface area contributed by atoms with Gasteiger partial charge in [-0.1, -0.05) is 23.9 Å². The first kappa shape index (κ1) is 21.0. The van der Waals surface area contributed by atoms with Gasteiger partial charge in [-0.25, -0.2) is 9.97 Å². The van der Waals surface area contributed by atoms with Gasteiger partial charge in [0.15, 0.2) is 17.1 Å². The highest BCUT2D eigenvalue weighted by molar-refractivity contribution is 7.98. The van der Waals surface area contributed by atoms with Crippen molar-refractivity contribution in [3.8, 4) is 0 Å². The third-order valence-corrected chi connectivity index (χ3v) is 5.04. The molecule has 2 aromatic heterocycles. The van der Waals surface area contributed by atoms with Crippen LogP contribution >= 0.6 is 11.8 Å². The molecule has 3 rings (SSSR count). The lowest BCUT2D eigenvalue weighted by atomic mass is 10.1. The number of alkyl halides is 2. The molecule has 3 aromatic rings. The molecule has 0 saturated carbocycles. The first-order valence-electron chi connectivity index (χ1n) is 8.90. The van der Waals surface area contributed by atoms with Crippen LogP contribution in [-0.4, -0.2) is 31.7 Å². The van der Waals surface area contributed by atoms with Crippen molar-refractivity contribution in [3.05, 3.63) is 51.7 Å². The number of halogens is 2. The van der Waals surface area contributed by atoms with Crippen LogP contribution in [0.2, 0.25) is 0 Å². The number of esters is 1. The minimum atomic E-state index is -2.82. The molecule has 0 aliphatic heterocycles. The number of imidazole rings is 1. The van der Waals surface area contributed by atoms with Gasteiger partial charge in [0, 0.05) is 17.7 Å². The van der Waals surface area contributed by atoms with Crippen LogP contribution in [0, 0.1) is 6.92 Å². The summed E-state index contributed by atoms with van der Waals surface area (Å²) in [4.78, 5) is 35.5. The standard InChI is InChI=1S/C19H20F2N4O3S/c1-10-12(17(27)24-19(22-10)29-3)8-9-15(26)28-11(2)16-23-13-6-4-5-7-14(13)25(16)18(20)21/h4-7,11,18H,8-9H2,1-3H3,(H,22,24,27). The van der Waals surface area contributed by atoms with Crippen molar-refractivity contribution in [1.82, 2.24) is 19.5 Å². The Morgan fingerprint density at radius 2 is 2.03 bits per heavy atom. The lowest BCUT2D eigenvalue weighted by Crippen LogP contribution is -2.20. The summed E-state index contributed by atoms with van der Waals surface area (Å²) in [6.45, 7) is 0.370. The molecule has 0 amide bonds. The van der Waals surface area contributed by atoms with Crippen LogP contribution in [0.3, 0.4) is 0 Å². The number of para-hydroxylation sites is 2. The average molecular weight is 422 g/mol. The number of aromatic amines is 1. The Morgan fingerprint density at radius 3 is 2.69 bits per heavy atom. The smallest absolute Gasteiger partial charge is 0.320 e. The first-order chi connectivity index (χ1) is 13.8. The van der Waals surface area contributed by atoms with Crippen molar-refractivity contribution in [2.45, 2.75) is 44.5 Å². The number of nitrogens with one attached hydrogen (secondary N) is 1. The quantitative estimate of drug-likeness (QED) is 0.354. The molecule has 0 bridgehead atoms. The van der Waals surface area contributed by atoms with E-state index >= 15 is 0 Å². The zero-order valence-electron chi connectivity index (χ0n) is 16.1. The Balaban J connectivity index is 1.73. The van der Waals surface area contributed by atoms with Crippen molar-refractivity contribution in [2.24, 2.45) is 0 Å². The van der Waals surface area contributed by atoms with Crippen molar-refractivity contribution in [3.63, 3.8) is 0 Å². The van der Waals surface area contributed by atoms with Gasteiger partial charge in [0.25, 0.3) is 5.56 Å². The van der Waals surface area contributed by atoms with E-state index in [4.69, 9.17) is 4.74 Å². The van der Waals surface area contributed by atoms with Crippen molar-refractivity contribution in [1.29, 1.82) is 0 Å². The molecule has 29 heavy (non-hydrogen) atoms. The number of carbonyl (C=O) groups excluding carboxylic acids is 1. The normalized spacial score (nSPS) is 12.5. The summed E-state index contributed by atoms with van der Waals surface area (Å²) in [5, 5.41) is 0.498. The van der Waals surface area contributed by atoms with Crippen LogP contribution in [0.4, 0.5) is 8.78 Å². The van der Waals surface area contributed by atoms with Crippen molar-refractivity contribution < 1.29 is 18.3 Å². The summed E-state index contributed by atoms with van der Waals surface area (Å²) < 4.78 is 33.2. The lowest BCUT2D eigenvalue weighted by Gasteiger charge is -2.15. The van der Waals surface area contributed by atoms with E-state index in [9.17, 15) is 18.4 Å². The predicted octanol–water partition coefficient (Wildman–Crippen LogP) is 3.78. The zero-order valence-corrected chi connectivity index (χ0v) is 16.9. The van der Waals surface area contributed by atoms with Crippen LogP contribution in [0.15, 0.2) is 34.2 Å². The van der Waals surface area contributed by atoms with Crippen LogP contribution < -0.4 is 5.56 Å². The minimum Gasteiger partial charge on any atom is -0.454 e. The molecule has 0 aliphatic carbocycles. The highest BCUT2D eigenvalue weighted by Gasteiger charge is 2.24. The Bertz CT molecular complexity index is 1100. The summed E-state index contributed by atoms with van der Waals surface area (Å²) in [6.07, 6.45) is 0.881. The molecule has 154 valence electrons. The van der Waals surface area contributed by atoms with E-state index in [0.29, 0.717) is 21.9 Å². The number of rotatable bonds is 7. The highest BCUT2D eigenvalue weighted by Crippen LogP contribution is 2.28. The van der Waals surface area contributed by atoms with Gasteiger partial charge in [0.2, 0.25) is 0 Å². The van der Waals surface area contributed by atoms with E-state index in [1.165, 1.54) is 24.8 Å². The summed E-state index contributed by atoms with van der Waals surface area (Å²) in [7, 11) is 0. The van der Waals surface area contributed by atoms with Gasteiger partial charge in [0.05, 0.1) is 11.0 Å². The van der Waals surface area contributed by atoms with Crippen LogP contribution in [0.5, 0.6) is 0 Å². The Kier molecular flexibility index (Phi) is 6.31. The SMILES string of the molecule is CSc1nc(C)c(CCC(=O)OC(C)c2nc3ccccc3n2C(F)F)c(=O)[nH]1. The summed E-state index contributed by atoms with van der Waals surface area (Å²) in [5.41, 5.74) is 1.29. The molecule has 0 fully saturated rings. The molecule has 2 heterocycles. The molecule has 1 N–H and O–H groups in total. The lowest BCUT2D eigenvalue weighted by molar-refractivity contribution is -0.149. The minimum absolute atomic E-state index is 0.0328. The number of carbonyl (C=O) groups is 1. The molecular weight excluding hydrogens is 402 g/mol. The molecule has 1 aromatic carbocycles. The van der Waals surface area contributed by atoms with Gasteiger partial charge in [-0.15, -0.1) is 0 Å². The highest BCUT2D eigenvalue weighted by atomic mass is 32.2. The van der Waals surface area contributed by atoms with Gasteiger partial charge in [-0.3, -0.25) is 14.2 Å². The number of hydrogen-bond donors (Lipinski definition) is 1. The van der Waals surface area contributed by atoms with E-state index in [1.807, 2.05) is 0 Å². The van der Waals surface area contributed by atoms with Crippen LogP contribution in [-0.2, 0) is 16.0 Å². The molecule has 0 aliphatic rings. The number of fused-ring (bicyclic) bond motifs is 1. The second kappa shape index (κ2) is 8.73. The zero-order chi connectivity index (χ0) is 21.1. The number of hydrogen-bond acceptors (Lipinski definition) is 6. The maximum atomic E-state index is 13.5. The molecule has 0 radical (unpaired) electrons.